The second-order valence-corrected chi connectivity index (χ2v) is 4.60. The Balaban J connectivity index is 1.99. The van der Waals surface area contributed by atoms with E-state index in [4.69, 9.17) is 6.42 Å². The fraction of sp³-hybridized carbons (Fsp3) is 0.176. The number of hydrogen-bond acceptors (Lipinski definition) is 1. The van der Waals surface area contributed by atoms with Crippen LogP contribution in [-0.2, 0) is 6.42 Å². The Morgan fingerprint density at radius 3 is 2.63 bits per heavy atom. The van der Waals surface area contributed by atoms with Crippen molar-refractivity contribution in [2.75, 3.05) is 5.32 Å². The lowest BCUT2D eigenvalue weighted by Crippen LogP contribution is -2.18. The van der Waals surface area contributed by atoms with Gasteiger partial charge in [-0.25, -0.2) is 4.39 Å². The highest BCUT2D eigenvalue weighted by Crippen LogP contribution is 2.13. The number of terminal acetylenes is 1. The van der Waals surface area contributed by atoms with Gasteiger partial charge in [-0.1, -0.05) is 24.1 Å². The monoisotopic (exact) mass is 253 g/mol. The fourth-order valence-corrected chi connectivity index (χ4v) is 2.01. The highest BCUT2D eigenvalue weighted by atomic mass is 19.1. The molecule has 19 heavy (non-hydrogen) atoms. The van der Waals surface area contributed by atoms with Crippen molar-refractivity contribution in [2.24, 2.45) is 0 Å². The van der Waals surface area contributed by atoms with Crippen LogP contribution < -0.4 is 5.32 Å². The maximum atomic E-state index is 12.8. The molecule has 0 heterocycles. The van der Waals surface area contributed by atoms with Crippen molar-refractivity contribution >= 4 is 5.69 Å². The molecule has 0 aliphatic rings. The quantitative estimate of drug-likeness (QED) is 0.816. The van der Waals surface area contributed by atoms with Gasteiger partial charge in [0, 0.05) is 17.3 Å². The van der Waals surface area contributed by atoms with Crippen LogP contribution in [0.1, 0.15) is 18.1 Å². The zero-order chi connectivity index (χ0) is 13.7. The summed E-state index contributed by atoms with van der Waals surface area (Å²) in [5.74, 6) is 2.41. The van der Waals surface area contributed by atoms with E-state index in [1.54, 1.807) is 0 Å². The van der Waals surface area contributed by atoms with E-state index in [1.165, 1.54) is 12.1 Å². The molecule has 1 unspecified atom stereocenters. The van der Waals surface area contributed by atoms with Gasteiger partial charge in [0.25, 0.3) is 0 Å². The van der Waals surface area contributed by atoms with Crippen molar-refractivity contribution in [3.8, 4) is 12.3 Å². The highest BCUT2D eigenvalue weighted by Gasteiger charge is 2.04. The summed E-state index contributed by atoms with van der Waals surface area (Å²) in [7, 11) is 0. The topological polar surface area (TPSA) is 12.0 Å². The zero-order valence-electron chi connectivity index (χ0n) is 10.9. The first-order valence-electron chi connectivity index (χ1n) is 6.25. The van der Waals surface area contributed by atoms with Gasteiger partial charge in [0.15, 0.2) is 0 Å². The molecule has 0 spiro atoms. The van der Waals surface area contributed by atoms with Gasteiger partial charge in [0.05, 0.1) is 0 Å². The lowest BCUT2D eigenvalue weighted by Gasteiger charge is -2.15. The maximum absolute atomic E-state index is 12.8. The summed E-state index contributed by atoms with van der Waals surface area (Å²) in [5.41, 5.74) is 2.97. The molecule has 1 atom stereocenters. The first kappa shape index (κ1) is 13.2. The van der Waals surface area contributed by atoms with E-state index in [-0.39, 0.29) is 11.9 Å². The van der Waals surface area contributed by atoms with Crippen molar-refractivity contribution < 1.29 is 4.39 Å². The molecule has 2 aromatic carbocycles. The summed E-state index contributed by atoms with van der Waals surface area (Å²) < 4.78 is 12.8. The SMILES string of the molecule is C#Cc1cccc(NC(C)Cc2ccc(F)cc2)c1. The minimum Gasteiger partial charge on any atom is -0.382 e. The van der Waals surface area contributed by atoms with Gasteiger partial charge < -0.3 is 5.32 Å². The minimum atomic E-state index is -0.203. The zero-order valence-corrected chi connectivity index (χ0v) is 10.9. The number of rotatable bonds is 4. The average Bonchev–Trinajstić information content (AvgIpc) is 2.41. The van der Waals surface area contributed by atoms with Crippen LogP contribution in [0.5, 0.6) is 0 Å². The normalized spacial score (nSPS) is 11.6. The third kappa shape index (κ3) is 3.86. The van der Waals surface area contributed by atoms with E-state index in [0.717, 1.165) is 23.2 Å². The molecule has 0 aliphatic heterocycles. The van der Waals surface area contributed by atoms with E-state index >= 15 is 0 Å². The summed E-state index contributed by atoms with van der Waals surface area (Å²) in [6.45, 7) is 2.09. The smallest absolute Gasteiger partial charge is 0.123 e. The number of anilines is 1. The molecule has 0 radical (unpaired) electrons. The molecule has 2 heteroatoms. The molecule has 0 amide bonds. The standard InChI is InChI=1S/C17H16FN/c1-3-14-5-4-6-17(12-14)19-13(2)11-15-7-9-16(18)10-8-15/h1,4-10,12-13,19H,11H2,2H3. The van der Waals surface area contributed by atoms with Gasteiger partial charge in [0.2, 0.25) is 0 Å². The summed E-state index contributed by atoms with van der Waals surface area (Å²) in [6, 6.07) is 14.6. The van der Waals surface area contributed by atoms with E-state index in [0.29, 0.717) is 0 Å². The van der Waals surface area contributed by atoms with Crippen LogP contribution in [0, 0.1) is 18.2 Å². The molecular formula is C17H16FN. The van der Waals surface area contributed by atoms with Gasteiger partial charge >= 0.3 is 0 Å². The Morgan fingerprint density at radius 1 is 1.21 bits per heavy atom. The van der Waals surface area contributed by atoms with Crippen LogP contribution in [0.2, 0.25) is 0 Å². The van der Waals surface area contributed by atoms with Gasteiger partial charge in [0.1, 0.15) is 5.82 Å². The predicted octanol–water partition coefficient (Wildman–Crippen LogP) is 3.85. The second-order valence-electron chi connectivity index (χ2n) is 4.60. The Kier molecular flexibility index (Phi) is 4.20. The van der Waals surface area contributed by atoms with Crippen LogP contribution in [0.25, 0.3) is 0 Å². The average molecular weight is 253 g/mol. The Hall–Kier alpha value is -2.27. The van der Waals surface area contributed by atoms with Crippen LogP contribution >= 0.6 is 0 Å². The first-order chi connectivity index (χ1) is 9.17. The molecule has 0 saturated carbocycles. The molecule has 96 valence electrons. The van der Waals surface area contributed by atoms with Gasteiger partial charge in [-0.2, -0.15) is 0 Å². The van der Waals surface area contributed by atoms with Gasteiger partial charge in [-0.15, -0.1) is 6.42 Å². The van der Waals surface area contributed by atoms with Crippen LogP contribution in [0.4, 0.5) is 10.1 Å². The second kappa shape index (κ2) is 6.06. The lowest BCUT2D eigenvalue weighted by molar-refractivity contribution is 0.626. The predicted molar refractivity (Wildman–Crippen MR) is 77.6 cm³/mol. The van der Waals surface area contributed by atoms with Crippen molar-refractivity contribution in [3.63, 3.8) is 0 Å². The Labute approximate surface area is 113 Å². The molecule has 2 aromatic rings. The summed E-state index contributed by atoms with van der Waals surface area (Å²) in [4.78, 5) is 0. The van der Waals surface area contributed by atoms with E-state index < -0.39 is 0 Å². The number of benzene rings is 2. The summed E-state index contributed by atoms with van der Waals surface area (Å²) >= 11 is 0. The van der Waals surface area contributed by atoms with E-state index in [9.17, 15) is 4.39 Å². The molecule has 1 nitrogen and oxygen atoms in total. The minimum absolute atomic E-state index is 0.203. The van der Waals surface area contributed by atoms with Crippen molar-refractivity contribution in [2.45, 2.75) is 19.4 Å². The molecule has 0 saturated heterocycles. The largest absolute Gasteiger partial charge is 0.382 e. The number of hydrogen-bond donors (Lipinski definition) is 1. The van der Waals surface area contributed by atoms with Crippen LogP contribution in [0.15, 0.2) is 48.5 Å². The molecule has 2 rings (SSSR count). The molecule has 0 aromatic heterocycles. The number of nitrogens with one attached hydrogen (secondary N) is 1. The molecule has 0 bridgehead atoms. The van der Waals surface area contributed by atoms with Crippen LogP contribution in [0.3, 0.4) is 0 Å². The highest BCUT2D eigenvalue weighted by molar-refractivity contribution is 5.50. The van der Waals surface area contributed by atoms with Crippen molar-refractivity contribution in [1.82, 2.24) is 0 Å². The van der Waals surface area contributed by atoms with E-state index in [2.05, 4.69) is 18.2 Å². The lowest BCUT2D eigenvalue weighted by atomic mass is 10.1. The maximum Gasteiger partial charge on any atom is 0.123 e. The summed E-state index contributed by atoms with van der Waals surface area (Å²) in [6.07, 6.45) is 6.21. The Morgan fingerprint density at radius 2 is 1.95 bits per heavy atom. The first-order valence-corrected chi connectivity index (χ1v) is 6.25. The Bertz CT molecular complexity index is 581. The van der Waals surface area contributed by atoms with Gasteiger partial charge in [-0.3, -0.25) is 0 Å². The molecule has 1 N–H and O–H groups in total. The van der Waals surface area contributed by atoms with Crippen LogP contribution in [-0.4, -0.2) is 6.04 Å². The van der Waals surface area contributed by atoms with Crippen molar-refractivity contribution in [1.29, 1.82) is 0 Å². The third-order valence-electron chi connectivity index (χ3n) is 2.90. The molecular weight excluding hydrogens is 237 g/mol. The van der Waals surface area contributed by atoms with E-state index in [1.807, 2.05) is 36.4 Å². The molecule has 0 aliphatic carbocycles. The van der Waals surface area contributed by atoms with Gasteiger partial charge in [-0.05, 0) is 49.2 Å². The number of halogens is 1. The summed E-state index contributed by atoms with van der Waals surface area (Å²) in [5, 5.41) is 3.39. The fourth-order valence-electron chi connectivity index (χ4n) is 2.01. The van der Waals surface area contributed by atoms with Crippen molar-refractivity contribution in [3.05, 3.63) is 65.5 Å². The third-order valence-corrected chi connectivity index (χ3v) is 2.90. The molecule has 0 fully saturated rings.